The molecule has 166 valence electrons. The number of aromatic amines is 1. The Balaban J connectivity index is 1.51. The first-order valence-electron chi connectivity index (χ1n) is 10.2. The van der Waals surface area contributed by atoms with Gasteiger partial charge in [-0.25, -0.2) is 18.6 Å². The predicted octanol–water partition coefficient (Wildman–Crippen LogP) is 3.56. The van der Waals surface area contributed by atoms with Gasteiger partial charge in [0.25, 0.3) is 5.91 Å². The first-order chi connectivity index (χ1) is 15.3. The number of hydrogen-bond acceptors (Lipinski definition) is 4. The van der Waals surface area contributed by atoms with Gasteiger partial charge in [0.15, 0.2) is 0 Å². The number of amides is 4. The summed E-state index contributed by atoms with van der Waals surface area (Å²) in [5.74, 6) is -2.04. The summed E-state index contributed by atoms with van der Waals surface area (Å²) in [4.78, 5) is 45.4. The lowest BCUT2D eigenvalue weighted by atomic mass is 9.93. The minimum absolute atomic E-state index is 0.0133. The van der Waals surface area contributed by atoms with Crippen LogP contribution in [0.2, 0.25) is 0 Å². The first kappa shape index (κ1) is 21.4. The van der Waals surface area contributed by atoms with E-state index in [0.717, 1.165) is 23.1 Å². The van der Waals surface area contributed by atoms with Crippen LogP contribution in [0, 0.1) is 11.6 Å². The van der Waals surface area contributed by atoms with E-state index >= 15 is 0 Å². The maximum absolute atomic E-state index is 14.0. The van der Waals surface area contributed by atoms with Gasteiger partial charge in [-0.05, 0) is 49.2 Å². The van der Waals surface area contributed by atoms with Crippen LogP contribution in [0.1, 0.15) is 26.7 Å². The van der Waals surface area contributed by atoms with Gasteiger partial charge < -0.3 is 15.6 Å². The molecule has 32 heavy (non-hydrogen) atoms. The van der Waals surface area contributed by atoms with Gasteiger partial charge in [-0.3, -0.25) is 14.5 Å². The number of imide groups is 1. The van der Waals surface area contributed by atoms with Crippen molar-refractivity contribution in [3.63, 3.8) is 0 Å². The van der Waals surface area contributed by atoms with Crippen LogP contribution in [0.4, 0.5) is 19.3 Å². The molecule has 1 saturated heterocycles. The van der Waals surface area contributed by atoms with E-state index in [1.54, 1.807) is 32.0 Å². The van der Waals surface area contributed by atoms with Crippen molar-refractivity contribution >= 4 is 34.6 Å². The van der Waals surface area contributed by atoms with Crippen molar-refractivity contribution in [2.24, 2.45) is 0 Å². The largest absolute Gasteiger partial charge is 0.338 e. The van der Waals surface area contributed by atoms with Crippen LogP contribution in [-0.2, 0) is 9.59 Å². The smallest absolute Gasteiger partial charge is 0.325 e. The van der Waals surface area contributed by atoms with Crippen molar-refractivity contribution in [3.05, 3.63) is 48.0 Å². The van der Waals surface area contributed by atoms with Crippen LogP contribution in [0.5, 0.6) is 0 Å². The van der Waals surface area contributed by atoms with E-state index < -0.39 is 41.6 Å². The SMILES string of the molecule is CCC1(CC)NC(=O)N(CC(=O)Nc2ccc3nc(-c4cc(F)ccc4F)[nH]c3c2)C1=O. The number of nitrogens with one attached hydrogen (secondary N) is 3. The summed E-state index contributed by atoms with van der Waals surface area (Å²) in [7, 11) is 0. The van der Waals surface area contributed by atoms with Crippen molar-refractivity contribution < 1.29 is 23.2 Å². The Morgan fingerprint density at radius 3 is 2.56 bits per heavy atom. The summed E-state index contributed by atoms with van der Waals surface area (Å²) in [5, 5.41) is 5.31. The van der Waals surface area contributed by atoms with Crippen molar-refractivity contribution in [3.8, 4) is 11.4 Å². The van der Waals surface area contributed by atoms with Crippen molar-refractivity contribution in [2.75, 3.05) is 11.9 Å². The highest BCUT2D eigenvalue weighted by atomic mass is 19.1. The van der Waals surface area contributed by atoms with E-state index in [1.807, 2.05) is 0 Å². The van der Waals surface area contributed by atoms with Gasteiger partial charge in [0, 0.05) is 5.69 Å². The quantitative estimate of drug-likeness (QED) is 0.509. The second kappa shape index (κ2) is 8.03. The van der Waals surface area contributed by atoms with E-state index in [2.05, 4.69) is 20.6 Å². The minimum Gasteiger partial charge on any atom is -0.338 e. The number of halogens is 2. The Kier molecular flexibility index (Phi) is 5.37. The highest BCUT2D eigenvalue weighted by Gasteiger charge is 2.49. The Hall–Kier alpha value is -3.82. The molecule has 0 saturated carbocycles. The number of rotatable bonds is 6. The normalized spacial score (nSPS) is 15.3. The van der Waals surface area contributed by atoms with Gasteiger partial charge in [0.2, 0.25) is 5.91 Å². The molecule has 0 unspecified atom stereocenters. The Bertz CT molecular complexity index is 1240. The summed E-state index contributed by atoms with van der Waals surface area (Å²) >= 11 is 0. The molecule has 4 amide bonds. The van der Waals surface area contributed by atoms with E-state index in [-0.39, 0.29) is 11.4 Å². The molecule has 0 aliphatic carbocycles. The first-order valence-corrected chi connectivity index (χ1v) is 10.2. The lowest BCUT2D eigenvalue weighted by Crippen LogP contribution is -2.46. The van der Waals surface area contributed by atoms with Crippen LogP contribution in [0.25, 0.3) is 22.4 Å². The maximum Gasteiger partial charge on any atom is 0.325 e. The molecule has 2 aromatic carbocycles. The maximum atomic E-state index is 14.0. The Morgan fingerprint density at radius 2 is 1.88 bits per heavy atom. The molecule has 8 nitrogen and oxygen atoms in total. The van der Waals surface area contributed by atoms with Gasteiger partial charge in [-0.1, -0.05) is 13.8 Å². The second-order valence-corrected chi connectivity index (χ2v) is 7.60. The third kappa shape index (κ3) is 3.68. The lowest BCUT2D eigenvalue weighted by Gasteiger charge is -2.23. The number of carbonyl (C=O) groups excluding carboxylic acids is 3. The number of H-pyrrole nitrogens is 1. The number of hydrogen-bond donors (Lipinski definition) is 3. The molecule has 1 aliphatic heterocycles. The van der Waals surface area contributed by atoms with Gasteiger partial charge >= 0.3 is 6.03 Å². The summed E-state index contributed by atoms with van der Waals surface area (Å²) in [6.45, 7) is 3.18. The molecule has 3 aromatic rings. The highest BCUT2D eigenvalue weighted by Crippen LogP contribution is 2.27. The third-order valence-electron chi connectivity index (χ3n) is 5.70. The molecule has 1 aromatic heterocycles. The zero-order valence-corrected chi connectivity index (χ0v) is 17.5. The highest BCUT2D eigenvalue weighted by molar-refractivity contribution is 6.10. The molecule has 0 bridgehead atoms. The van der Waals surface area contributed by atoms with Gasteiger partial charge in [0.1, 0.15) is 29.5 Å². The van der Waals surface area contributed by atoms with Crippen molar-refractivity contribution in [2.45, 2.75) is 32.2 Å². The van der Waals surface area contributed by atoms with E-state index in [4.69, 9.17) is 0 Å². The zero-order valence-electron chi connectivity index (χ0n) is 17.5. The summed E-state index contributed by atoms with van der Waals surface area (Å²) in [6, 6.07) is 7.25. The number of carbonyl (C=O) groups is 3. The Labute approximate surface area is 182 Å². The van der Waals surface area contributed by atoms with Gasteiger partial charge in [0.05, 0.1) is 16.6 Å². The number of urea groups is 1. The molecule has 0 radical (unpaired) electrons. The monoisotopic (exact) mass is 441 g/mol. The second-order valence-electron chi connectivity index (χ2n) is 7.60. The minimum atomic E-state index is -0.977. The van der Waals surface area contributed by atoms with Crippen molar-refractivity contribution in [1.82, 2.24) is 20.2 Å². The van der Waals surface area contributed by atoms with Crippen molar-refractivity contribution in [1.29, 1.82) is 0 Å². The van der Waals surface area contributed by atoms with Gasteiger partial charge in [-0.15, -0.1) is 0 Å². The number of imidazole rings is 1. The van der Waals surface area contributed by atoms with Gasteiger partial charge in [-0.2, -0.15) is 0 Å². The van der Waals surface area contributed by atoms with Crippen LogP contribution in [0.15, 0.2) is 36.4 Å². The molecule has 3 N–H and O–H groups in total. The summed E-state index contributed by atoms with van der Waals surface area (Å²) < 4.78 is 27.5. The number of nitrogens with zero attached hydrogens (tertiary/aromatic N) is 2. The number of aromatic nitrogens is 2. The molecule has 0 spiro atoms. The average molecular weight is 441 g/mol. The summed E-state index contributed by atoms with van der Waals surface area (Å²) in [6.07, 6.45) is 0.855. The molecule has 1 aliphatic rings. The number of anilines is 1. The average Bonchev–Trinajstić information content (AvgIpc) is 3.29. The fourth-order valence-electron chi connectivity index (χ4n) is 3.79. The van der Waals surface area contributed by atoms with Crippen LogP contribution in [-0.4, -0.2) is 44.8 Å². The third-order valence-corrected chi connectivity index (χ3v) is 5.70. The fourth-order valence-corrected chi connectivity index (χ4v) is 3.79. The molecule has 0 atom stereocenters. The zero-order chi connectivity index (χ0) is 23.0. The molecule has 4 rings (SSSR count). The van der Waals surface area contributed by atoms with E-state index in [9.17, 15) is 23.2 Å². The van der Waals surface area contributed by atoms with E-state index in [0.29, 0.717) is 29.6 Å². The molecular formula is C22H21F2N5O3. The summed E-state index contributed by atoms with van der Waals surface area (Å²) in [5.41, 5.74) is 0.385. The molecule has 10 heteroatoms. The van der Waals surface area contributed by atoms with E-state index in [1.165, 1.54) is 0 Å². The number of fused-ring (bicyclic) bond motifs is 1. The van der Waals surface area contributed by atoms with Crippen LogP contribution in [0.3, 0.4) is 0 Å². The topological polar surface area (TPSA) is 107 Å². The van der Waals surface area contributed by atoms with Crippen LogP contribution < -0.4 is 10.6 Å². The van der Waals surface area contributed by atoms with Crippen LogP contribution >= 0.6 is 0 Å². The number of benzene rings is 2. The standard InChI is InChI=1S/C22H21F2N5O3/c1-3-22(4-2)20(31)29(21(32)28-22)11-18(30)25-13-6-8-16-17(10-13)27-19(26-16)14-9-12(23)5-7-15(14)24/h5-10H,3-4,11H2,1-2H3,(H,25,30)(H,26,27)(H,28,32). The molecule has 1 fully saturated rings. The molecular weight excluding hydrogens is 420 g/mol. The predicted molar refractivity (Wildman–Crippen MR) is 114 cm³/mol. The fraction of sp³-hybridized carbons (Fsp3) is 0.273. The Morgan fingerprint density at radius 1 is 1.12 bits per heavy atom. The molecule has 2 heterocycles. The lowest BCUT2D eigenvalue weighted by molar-refractivity contribution is -0.134.